The van der Waals surface area contributed by atoms with Crippen molar-refractivity contribution in [1.29, 1.82) is 0 Å². The minimum Gasteiger partial charge on any atom is -0.372 e. The molecule has 5 nitrogen and oxygen atoms in total. The topological polar surface area (TPSA) is 50.5 Å². The summed E-state index contributed by atoms with van der Waals surface area (Å²) in [5, 5.41) is 5.07. The van der Waals surface area contributed by atoms with E-state index < -0.39 is 0 Å². The maximum atomic E-state index is 13.0. The second-order valence-corrected chi connectivity index (χ2v) is 8.36. The van der Waals surface area contributed by atoms with E-state index >= 15 is 0 Å². The highest BCUT2D eigenvalue weighted by atomic mass is 79.9. The molecule has 6 heteroatoms. The van der Waals surface area contributed by atoms with Gasteiger partial charge in [-0.25, -0.2) is 4.98 Å². The zero-order valence-corrected chi connectivity index (χ0v) is 18.2. The number of fused-ring (bicyclic) bond motifs is 1. The molecule has 2 heterocycles. The van der Waals surface area contributed by atoms with Gasteiger partial charge in [0.15, 0.2) is 0 Å². The number of aromatic nitrogens is 2. The average molecular weight is 453 g/mol. The van der Waals surface area contributed by atoms with Crippen molar-refractivity contribution in [2.75, 3.05) is 18.0 Å². The van der Waals surface area contributed by atoms with Gasteiger partial charge in [-0.15, -0.1) is 0 Å². The first-order valence-corrected chi connectivity index (χ1v) is 11.1. The lowest BCUT2D eigenvalue weighted by Crippen LogP contribution is -2.29. The molecule has 1 fully saturated rings. The summed E-state index contributed by atoms with van der Waals surface area (Å²) in [4.78, 5) is 20.1. The summed E-state index contributed by atoms with van der Waals surface area (Å²) < 4.78 is 2.30. The first-order chi connectivity index (χ1) is 14.2. The highest BCUT2D eigenvalue weighted by Crippen LogP contribution is 2.20. The Morgan fingerprint density at radius 2 is 1.86 bits per heavy atom. The molecule has 0 unspecified atom stereocenters. The lowest BCUT2D eigenvalue weighted by atomic mass is 10.1. The number of halogens is 1. The normalized spacial score (nSPS) is 14.8. The SMILES string of the molecule is CCCc1nc2ccc(Br)cc2c(=O)n1N=Cc1ccc(N2CCCCC2)cc1. The molecule has 0 aliphatic carbocycles. The van der Waals surface area contributed by atoms with Gasteiger partial charge in [-0.05, 0) is 61.6 Å². The van der Waals surface area contributed by atoms with Crippen LogP contribution in [0.2, 0.25) is 0 Å². The predicted molar refractivity (Wildman–Crippen MR) is 123 cm³/mol. The van der Waals surface area contributed by atoms with E-state index in [1.165, 1.54) is 29.6 Å². The molecule has 0 atom stereocenters. The maximum absolute atomic E-state index is 13.0. The van der Waals surface area contributed by atoms with Crippen molar-refractivity contribution < 1.29 is 0 Å². The van der Waals surface area contributed by atoms with Crippen LogP contribution in [0, 0.1) is 0 Å². The Morgan fingerprint density at radius 3 is 2.59 bits per heavy atom. The summed E-state index contributed by atoms with van der Waals surface area (Å²) in [6.45, 7) is 4.33. The molecule has 1 aliphatic rings. The fourth-order valence-corrected chi connectivity index (χ4v) is 4.11. The summed E-state index contributed by atoms with van der Waals surface area (Å²) in [7, 11) is 0. The van der Waals surface area contributed by atoms with Gasteiger partial charge in [0.1, 0.15) is 5.82 Å². The number of nitrogens with zero attached hydrogens (tertiary/aromatic N) is 4. The minimum absolute atomic E-state index is 0.138. The van der Waals surface area contributed by atoms with Crippen molar-refractivity contribution >= 4 is 38.7 Å². The summed E-state index contributed by atoms with van der Waals surface area (Å²) in [5.74, 6) is 0.688. The second-order valence-electron chi connectivity index (χ2n) is 7.44. The van der Waals surface area contributed by atoms with Crippen LogP contribution in [0.4, 0.5) is 5.69 Å². The fourth-order valence-electron chi connectivity index (χ4n) is 3.75. The van der Waals surface area contributed by atoms with E-state index in [4.69, 9.17) is 0 Å². The van der Waals surface area contributed by atoms with Gasteiger partial charge in [0.2, 0.25) is 0 Å². The summed E-state index contributed by atoms with van der Waals surface area (Å²) >= 11 is 3.44. The third kappa shape index (κ3) is 4.42. The van der Waals surface area contributed by atoms with Crippen molar-refractivity contribution in [3.63, 3.8) is 0 Å². The van der Waals surface area contributed by atoms with Gasteiger partial charge < -0.3 is 4.90 Å². The molecule has 2 aromatic carbocycles. The number of aryl methyl sites for hydroxylation is 1. The second kappa shape index (κ2) is 8.91. The van der Waals surface area contributed by atoms with E-state index in [0.29, 0.717) is 23.1 Å². The zero-order chi connectivity index (χ0) is 20.2. The van der Waals surface area contributed by atoms with Crippen LogP contribution in [-0.2, 0) is 6.42 Å². The third-order valence-electron chi connectivity index (χ3n) is 5.29. The van der Waals surface area contributed by atoms with Crippen molar-refractivity contribution in [1.82, 2.24) is 9.66 Å². The molecule has 1 aliphatic heterocycles. The molecule has 1 saturated heterocycles. The van der Waals surface area contributed by atoms with Crippen LogP contribution in [-0.4, -0.2) is 29.0 Å². The van der Waals surface area contributed by atoms with Crippen LogP contribution in [0.3, 0.4) is 0 Å². The highest BCUT2D eigenvalue weighted by molar-refractivity contribution is 9.10. The van der Waals surface area contributed by atoms with Crippen LogP contribution in [0.5, 0.6) is 0 Å². The fraction of sp³-hybridized carbons (Fsp3) is 0.348. The Bertz CT molecular complexity index is 1080. The van der Waals surface area contributed by atoms with Gasteiger partial charge in [-0.1, -0.05) is 35.0 Å². The molecule has 0 bridgehead atoms. The molecule has 0 saturated carbocycles. The molecule has 1 aromatic heterocycles. The van der Waals surface area contributed by atoms with E-state index in [9.17, 15) is 4.79 Å². The Kier molecular flexibility index (Phi) is 6.09. The minimum atomic E-state index is -0.138. The van der Waals surface area contributed by atoms with Crippen LogP contribution in [0.15, 0.2) is 56.8 Å². The number of hydrogen-bond donors (Lipinski definition) is 0. The van der Waals surface area contributed by atoms with E-state index in [1.54, 1.807) is 12.3 Å². The van der Waals surface area contributed by atoms with Crippen LogP contribution < -0.4 is 10.5 Å². The first-order valence-electron chi connectivity index (χ1n) is 10.3. The average Bonchev–Trinajstić information content (AvgIpc) is 2.75. The Morgan fingerprint density at radius 1 is 1.10 bits per heavy atom. The lowest BCUT2D eigenvalue weighted by molar-refractivity contribution is 0.578. The molecular formula is C23H25BrN4O. The van der Waals surface area contributed by atoms with Crippen molar-refractivity contribution in [3.05, 3.63) is 68.7 Å². The Balaban J connectivity index is 1.65. The van der Waals surface area contributed by atoms with Crippen LogP contribution in [0.1, 0.15) is 44.0 Å². The smallest absolute Gasteiger partial charge is 0.282 e. The van der Waals surface area contributed by atoms with Gasteiger partial charge >= 0.3 is 0 Å². The van der Waals surface area contributed by atoms with Gasteiger partial charge in [0.25, 0.3) is 5.56 Å². The highest BCUT2D eigenvalue weighted by Gasteiger charge is 2.12. The number of hydrogen-bond acceptors (Lipinski definition) is 4. The Hall–Kier alpha value is -2.47. The van der Waals surface area contributed by atoms with Crippen molar-refractivity contribution in [3.8, 4) is 0 Å². The molecule has 0 amide bonds. The van der Waals surface area contributed by atoms with Gasteiger partial charge in [0.05, 0.1) is 17.1 Å². The maximum Gasteiger partial charge on any atom is 0.282 e. The molecule has 150 valence electrons. The van der Waals surface area contributed by atoms with Crippen LogP contribution in [0.25, 0.3) is 10.9 Å². The Labute approximate surface area is 179 Å². The van der Waals surface area contributed by atoms with E-state index in [2.05, 4.69) is 62.1 Å². The number of piperidine rings is 1. The van der Waals surface area contributed by atoms with E-state index in [0.717, 1.165) is 29.5 Å². The number of rotatable bonds is 5. The molecular weight excluding hydrogens is 428 g/mol. The van der Waals surface area contributed by atoms with Crippen LogP contribution >= 0.6 is 15.9 Å². The van der Waals surface area contributed by atoms with Crippen molar-refractivity contribution in [2.45, 2.75) is 39.0 Å². The molecule has 0 radical (unpaired) electrons. The summed E-state index contributed by atoms with van der Waals surface area (Å²) in [5.41, 5.74) is 2.79. The third-order valence-corrected chi connectivity index (χ3v) is 5.78. The predicted octanol–water partition coefficient (Wildman–Crippen LogP) is 4.98. The summed E-state index contributed by atoms with van der Waals surface area (Å²) in [6.07, 6.45) is 7.19. The molecule has 0 N–H and O–H groups in total. The lowest BCUT2D eigenvalue weighted by Gasteiger charge is -2.28. The number of anilines is 1. The summed E-state index contributed by atoms with van der Waals surface area (Å²) in [6, 6.07) is 14.0. The van der Waals surface area contributed by atoms with Gasteiger partial charge in [-0.2, -0.15) is 9.78 Å². The standard InChI is InChI=1S/C23H25BrN4O/c1-2-6-22-26-21-12-9-18(24)15-20(21)23(29)28(22)25-16-17-7-10-19(11-8-17)27-13-4-3-5-14-27/h7-12,15-16H,2-6,13-14H2,1H3. The number of benzene rings is 2. The zero-order valence-electron chi connectivity index (χ0n) is 16.6. The quantitative estimate of drug-likeness (QED) is 0.512. The van der Waals surface area contributed by atoms with E-state index in [-0.39, 0.29) is 5.56 Å². The molecule has 4 rings (SSSR count). The largest absolute Gasteiger partial charge is 0.372 e. The van der Waals surface area contributed by atoms with Gasteiger partial charge in [0, 0.05) is 29.7 Å². The van der Waals surface area contributed by atoms with E-state index in [1.807, 2.05) is 12.1 Å². The molecule has 0 spiro atoms. The molecule has 29 heavy (non-hydrogen) atoms. The van der Waals surface area contributed by atoms with Crippen molar-refractivity contribution in [2.24, 2.45) is 5.10 Å². The van der Waals surface area contributed by atoms with Gasteiger partial charge in [-0.3, -0.25) is 4.79 Å². The first kappa shape index (κ1) is 19.8. The monoisotopic (exact) mass is 452 g/mol. The molecule has 3 aromatic rings.